The third kappa shape index (κ3) is 6.64. The number of thiophene rings is 1. The highest BCUT2D eigenvalue weighted by Crippen LogP contribution is 2.29. The summed E-state index contributed by atoms with van der Waals surface area (Å²) in [4.78, 5) is 26.6. The molecule has 8 nitrogen and oxygen atoms in total. The van der Waals surface area contributed by atoms with E-state index in [1.54, 1.807) is 23.1 Å². The van der Waals surface area contributed by atoms with Gasteiger partial charge in [-0.15, -0.1) is 11.3 Å². The number of hydrogen-bond donors (Lipinski definition) is 1. The van der Waals surface area contributed by atoms with Crippen molar-refractivity contribution < 1.29 is 26.9 Å². The molecule has 2 aromatic carbocycles. The maximum atomic E-state index is 13.3. The topological polar surface area (TPSA) is 102 Å². The summed E-state index contributed by atoms with van der Waals surface area (Å²) < 4.78 is 37.3. The van der Waals surface area contributed by atoms with Crippen LogP contribution in [0.15, 0.2) is 64.9 Å². The molecule has 2 heterocycles. The second-order valence-corrected chi connectivity index (χ2v) is 11.2. The van der Waals surface area contributed by atoms with E-state index in [2.05, 4.69) is 5.32 Å². The monoisotopic (exact) mass is 548 g/mol. The lowest BCUT2D eigenvalue weighted by Gasteiger charge is -2.26. The van der Waals surface area contributed by atoms with Crippen LogP contribution in [0.25, 0.3) is 0 Å². The van der Waals surface area contributed by atoms with Crippen LogP contribution in [0.3, 0.4) is 0 Å². The summed E-state index contributed by atoms with van der Waals surface area (Å²) in [6, 6.07) is 13.8. The standard InChI is InChI=1S/C25H25ClN2O6S2/c1-17(29)27-20-7-9-22(10-8-20)36(31,32)34-23-11-6-19(26)14-18(23)15-28(16-21-4-2-12-33-21)25(30)24-5-3-13-35-24/h3,5-11,13-14,21H,2,4,12,15-16H2,1H3,(H,27,29)/t21-/m0/s1. The first kappa shape index (κ1) is 26.2. The van der Waals surface area contributed by atoms with Crippen LogP contribution >= 0.6 is 22.9 Å². The molecule has 1 atom stereocenters. The van der Waals surface area contributed by atoms with Crippen molar-refractivity contribution in [2.45, 2.75) is 37.3 Å². The molecule has 1 aromatic heterocycles. The fourth-order valence-corrected chi connectivity index (χ4v) is 5.69. The molecule has 4 rings (SSSR count). The summed E-state index contributed by atoms with van der Waals surface area (Å²) in [6.07, 6.45) is 1.68. The second-order valence-electron chi connectivity index (χ2n) is 8.29. The quantitative estimate of drug-likeness (QED) is 0.380. The van der Waals surface area contributed by atoms with Gasteiger partial charge in [-0.2, -0.15) is 8.42 Å². The van der Waals surface area contributed by atoms with E-state index in [0.717, 1.165) is 12.8 Å². The lowest BCUT2D eigenvalue weighted by atomic mass is 10.1. The van der Waals surface area contributed by atoms with Crippen molar-refractivity contribution in [1.29, 1.82) is 0 Å². The fraction of sp³-hybridized carbons (Fsp3) is 0.280. The predicted octanol–water partition coefficient (Wildman–Crippen LogP) is 4.95. The predicted molar refractivity (Wildman–Crippen MR) is 138 cm³/mol. The maximum Gasteiger partial charge on any atom is 0.339 e. The summed E-state index contributed by atoms with van der Waals surface area (Å²) in [7, 11) is -4.20. The SMILES string of the molecule is CC(=O)Nc1ccc(S(=O)(=O)Oc2ccc(Cl)cc2CN(C[C@@H]2CCCO2)C(=O)c2cccs2)cc1. The molecule has 190 valence electrons. The number of amides is 2. The van der Waals surface area contributed by atoms with E-state index in [-0.39, 0.29) is 35.1 Å². The van der Waals surface area contributed by atoms with Gasteiger partial charge in [0.2, 0.25) is 5.91 Å². The molecule has 0 saturated carbocycles. The van der Waals surface area contributed by atoms with E-state index in [4.69, 9.17) is 20.5 Å². The van der Waals surface area contributed by atoms with Gasteiger partial charge in [0.25, 0.3) is 5.91 Å². The zero-order valence-corrected chi connectivity index (χ0v) is 21.9. The van der Waals surface area contributed by atoms with Crippen LogP contribution in [0.2, 0.25) is 5.02 Å². The van der Waals surface area contributed by atoms with Crippen molar-refractivity contribution in [3.8, 4) is 5.75 Å². The molecule has 11 heteroatoms. The largest absolute Gasteiger partial charge is 0.379 e. The van der Waals surface area contributed by atoms with Gasteiger partial charge in [-0.25, -0.2) is 0 Å². The van der Waals surface area contributed by atoms with Crippen LogP contribution in [-0.2, 0) is 26.2 Å². The van der Waals surface area contributed by atoms with Crippen molar-refractivity contribution in [2.75, 3.05) is 18.5 Å². The van der Waals surface area contributed by atoms with Crippen LogP contribution in [0, 0.1) is 0 Å². The number of benzene rings is 2. The average molecular weight is 549 g/mol. The number of hydrogen-bond acceptors (Lipinski definition) is 7. The fourth-order valence-electron chi connectivity index (χ4n) is 3.84. The Labute approximate surface area is 218 Å². The van der Waals surface area contributed by atoms with Gasteiger partial charge in [0.1, 0.15) is 10.6 Å². The molecule has 0 radical (unpaired) electrons. The van der Waals surface area contributed by atoms with Crippen molar-refractivity contribution in [2.24, 2.45) is 0 Å². The van der Waals surface area contributed by atoms with E-state index < -0.39 is 10.1 Å². The summed E-state index contributed by atoms with van der Waals surface area (Å²) >= 11 is 7.57. The van der Waals surface area contributed by atoms with E-state index in [1.165, 1.54) is 54.7 Å². The second kappa shape index (κ2) is 11.4. The number of nitrogens with zero attached hydrogens (tertiary/aromatic N) is 1. The average Bonchev–Trinajstić information content (AvgIpc) is 3.54. The van der Waals surface area contributed by atoms with Crippen molar-refractivity contribution in [3.05, 3.63) is 75.4 Å². The first-order chi connectivity index (χ1) is 17.2. The lowest BCUT2D eigenvalue weighted by molar-refractivity contribution is -0.114. The molecular weight excluding hydrogens is 524 g/mol. The van der Waals surface area contributed by atoms with E-state index in [0.29, 0.717) is 34.3 Å². The number of anilines is 1. The van der Waals surface area contributed by atoms with Gasteiger partial charge < -0.3 is 19.1 Å². The number of ether oxygens (including phenoxy) is 1. The molecule has 36 heavy (non-hydrogen) atoms. The molecule has 0 bridgehead atoms. The first-order valence-electron chi connectivity index (χ1n) is 11.3. The number of rotatable bonds is 9. The maximum absolute atomic E-state index is 13.3. The van der Waals surface area contributed by atoms with E-state index in [9.17, 15) is 18.0 Å². The molecule has 0 spiro atoms. The Kier molecular flexibility index (Phi) is 8.30. The number of halogens is 1. The Balaban J connectivity index is 1.59. The van der Waals surface area contributed by atoms with Gasteiger partial charge in [0.05, 0.1) is 11.0 Å². The smallest absolute Gasteiger partial charge is 0.339 e. The zero-order chi connectivity index (χ0) is 25.7. The van der Waals surface area contributed by atoms with E-state index >= 15 is 0 Å². The minimum absolute atomic E-state index is 0.0710. The van der Waals surface area contributed by atoms with Gasteiger partial charge in [-0.1, -0.05) is 17.7 Å². The summed E-state index contributed by atoms with van der Waals surface area (Å²) in [6.45, 7) is 2.46. The summed E-state index contributed by atoms with van der Waals surface area (Å²) in [5, 5.41) is 4.80. The van der Waals surface area contributed by atoms with Crippen molar-refractivity contribution in [1.82, 2.24) is 4.90 Å². The molecule has 1 aliphatic rings. The number of nitrogens with one attached hydrogen (secondary N) is 1. The van der Waals surface area contributed by atoms with Gasteiger partial charge in [0.15, 0.2) is 0 Å². The normalized spacial score (nSPS) is 15.4. The van der Waals surface area contributed by atoms with Crippen LogP contribution in [0.5, 0.6) is 5.75 Å². The molecule has 1 saturated heterocycles. The molecule has 2 amide bonds. The Bertz CT molecular complexity index is 1320. The first-order valence-corrected chi connectivity index (χ1v) is 13.9. The molecule has 0 aliphatic carbocycles. The Morgan fingerprint density at radius 1 is 1.19 bits per heavy atom. The highest BCUT2D eigenvalue weighted by Gasteiger charge is 2.26. The van der Waals surface area contributed by atoms with Crippen molar-refractivity contribution in [3.63, 3.8) is 0 Å². The summed E-state index contributed by atoms with van der Waals surface area (Å²) in [5.41, 5.74) is 0.911. The lowest BCUT2D eigenvalue weighted by Crippen LogP contribution is -2.36. The highest BCUT2D eigenvalue weighted by atomic mass is 35.5. The van der Waals surface area contributed by atoms with Crippen LogP contribution < -0.4 is 9.50 Å². The zero-order valence-electron chi connectivity index (χ0n) is 19.5. The van der Waals surface area contributed by atoms with Crippen LogP contribution in [0.4, 0.5) is 5.69 Å². The summed E-state index contributed by atoms with van der Waals surface area (Å²) in [5.74, 6) is -0.373. The molecular formula is C25H25ClN2O6S2. The molecule has 1 N–H and O–H groups in total. The number of carbonyl (C=O) groups is 2. The van der Waals surface area contributed by atoms with Crippen LogP contribution in [-0.4, -0.2) is 44.4 Å². The molecule has 1 fully saturated rings. The van der Waals surface area contributed by atoms with Gasteiger partial charge in [-0.3, -0.25) is 9.59 Å². The Hall–Kier alpha value is -2.92. The van der Waals surface area contributed by atoms with Gasteiger partial charge >= 0.3 is 10.1 Å². The third-order valence-electron chi connectivity index (χ3n) is 5.51. The minimum atomic E-state index is -4.20. The Morgan fingerprint density at radius 2 is 1.97 bits per heavy atom. The Morgan fingerprint density at radius 3 is 2.61 bits per heavy atom. The molecule has 3 aromatic rings. The van der Waals surface area contributed by atoms with Gasteiger partial charge in [-0.05, 0) is 66.8 Å². The highest BCUT2D eigenvalue weighted by molar-refractivity contribution is 7.87. The minimum Gasteiger partial charge on any atom is -0.379 e. The molecule has 0 unspecified atom stereocenters. The molecule has 1 aliphatic heterocycles. The number of carbonyl (C=O) groups excluding carboxylic acids is 2. The van der Waals surface area contributed by atoms with Gasteiger partial charge in [0, 0.05) is 42.9 Å². The van der Waals surface area contributed by atoms with Crippen molar-refractivity contribution >= 4 is 50.6 Å². The third-order valence-corrected chi connectivity index (χ3v) is 7.86. The van der Waals surface area contributed by atoms with E-state index in [1.807, 2.05) is 5.38 Å². The van der Waals surface area contributed by atoms with Crippen LogP contribution in [0.1, 0.15) is 35.0 Å².